The Balaban J connectivity index is 4.83. The Morgan fingerprint density at radius 3 is 2.18 bits per heavy atom. The summed E-state index contributed by atoms with van der Waals surface area (Å²) in [5.41, 5.74) is -0.493. The molecule has 0 radical (unpaired) electrons. The molecule has 1 atom stereocenters. The molecular formula is C11H22O5Si. The molecule has 5 nitrogen and oxygen atoms in total. The van der Waals surface area contributed by atoms with Gasteiger partial charge < -0.3 is 18.0 Å². The van der Waals surface area contributed by atoms with Gasteiger partial charge in [0.25, 0.3) is 0 Å². The molecule has 0 bridgehead atoms. The van der Waals surface area contributed by atoms with Gasteiger partial charge in [0.15, 0.2) is 5.73 Å². The lowest BCUT2D eigenvalue weighted by atomic mass is 10.3. The fourth-order valence-corrected chi connectivity index (χ4v) is 3.64. The van der Waals surface area contributed by atoms with E-state index in [1.807, 2.05) is 0 Å². The summed E-state index contributed by atoms with van der Waals surface area (Å²) >= 11 is 0. The lowest BCUT2D eigenvalue weighted by molar-refractivity contribution is -0.142. The van der Waals surface area contributed by atoms with Crippen LogP contribution in [0.25, 0.3) is 0 Å². The van der Waals surface area contributed by atoms with Gasteiger partial charge in [-0.3, -0.25) is 0 Å². The van der Waals surface area contributed by atoms with Crippen molar-refractivity contribution in [1.82, 2.24) is 0 Å². The number of rotatable bonds is 9. The van der Waals surface area contributed by atoms with Crippen molar-refractivity contribution in [1.29, 1.82) is 0 Å². The molecule has 0 aliphatic rings. The molecule has 6 heteroatoms. The Labute approximate surface area is 104 Å². The zero-order chi connectivity index (χ0) is 13.3. The monoisotopic (exact) mass is 262 g/mol. The maximum Gasteiger partial charge on any atom is 0.543 e. The van der Waals surface area contributed by atoms with Crippen LogP contribution in [0.5, 0.6) is 0 Å². The topological polar surface area (TPSA) is 54.0 Å². The van der Waals surface area contributed by atoms with E-state index in [0.717, 1.165) is 18.9 Å². The molecule has 0 N–H and O–H groups in total. The van der Waals surface area contributed by atoms with Crippen LogP contribution in [-0.4, -0.2) is 41.8 Å². The molecule has 0 spiro atoms. The molecule has 0 aliphatic heterocycles. The Morgan fingerprint density at radius 1 is 1.29 bits per heavy atom. The van der Waals surface area contributed by atoms with E-state index >= 15 is 0 Å². The minimum atomic E-state index is -2.95. The van der Waals surface area contributed by atoms with Gasteiger partial charge in [0, 0.05) is 27.4 Å². The van der Waals surface area contributed by atoms with Crippen LogP contribution >= 0.6 is 0 Å². The van der Waals surface area contributed by atoms with Crippen LogP contribution in [0, 0.1) is 0 Å². The lowest BCUT2D eigenvalue weighted by Gasteiger charge is -2.31. The molecule has 0 aromatic carbocycles. The Kier molecular flexibility index (Phi) is 8.06. The van der Waals surface area contributed by atoms with E-state index in [4.69, 9.17) is 18.0 Å². The minimum absolute atomic E-state index is 0.492. The van der Waals surface area contributed by atoms with Gasteiger partial charge in [-0.25, -0.2) is 4.79 Å². The van der Waals surface area contributed by atoms with E-state index in [9.17, 15) is 4.79 Å². The van der Waals surface area contributed by atoms with Crippen LogP contribution < -0.4 is 0 Å². The second-order valence-electron chi connectivity index (χ2n) is 3.49. The molecule has 100 valence electrons. The average molecular weight is 262 g/mol. The third kappa shape index (κ3) is 4.59. The van der Waals surface area contributed by atoms with Crippen LogP contribution in [0.15, 0.2) is 12.7 Å². The molecule has 0 aromatic rings. The number of esters is 1. The molecule has 0 saturated carbocycles. The Hall–Kier alpha value is -0.693. The first-order valence-corrected chi connectivity index (χ1v) is 7.38. The molecule has 0 saturated heterocycles. The van der Waals surface area contributed by atoms with Crippen molar-refractivity contribution in [2.24, 2.45) is 0 Å². The zero-order valence-electron chi connectivity index (χ0n) is 11.0. The summed E-state index contributed by atoms with van der Waals surface area (Å²) in [7, 11) is 1.55. The minimum Gasteiger partial charge on any atom is -0.455 e. The van der Waals surface area contributed by atoms with Crippen LogP contribution in [-0.2, 0) is 22.8 Å². The van der Waals surface area contributed by atoms with E-state index in [2.05, 4.69) is 13.5 Å². The highest BCUT2D eigenvalue weighted by molar-refractivity contribution is 6.62. The van der Waals surface area contributed by atoms with Gasteiger partial charge >= 0.3 is 14.8 Å². The zero-order valence-corrected chi connectivity index (χ0v) is 12.0. The Bertz CT molecular complexity index is 232. The van der Waals surface area contributed by atoms with Crippen LogP contribution in [0.4, 0.5) is 0 Å². The first-order valence-electron chi connectivity index (χ1n) is 5.58. The fraction of sp³-hybridized carbons (Fsp3) is 0.727. The van der Waals surface area contributed by atoms with Gasteiger partial charge in [-0.2, -0.15) is 0 Å². The van der Waals surface area contributed by atoms with Gasteiger partial charge in [0.2, 0.25) is 0 Å². The van der Waals surface area contributed by atoms with E-state index in [0.29, 0.717) is 6.42 Å². The number of hydrogen-bond donors (Lipinski definition) is 0. The maximum atomic E-state index is 11.3. The van der Waals surface area contributed by atoms with Gasteiger partial charge in [0.1, 0.15) is 0 Å². The Morgan fingerprint density at radius 2 is 1.82 bits per heavy atom. The van der Waals surface area contributed by atoms with E-state index < -0.39 is 20.5 Å². The highest BCUT2D eigenvalue weighted by atomic mass is 28.4. The molecule has 0 fully saturated rings. The van der Waals surface area contributed by atoms with Gasteiger partial charge in [0.05, 0.1) is 0 Å². The molecule has 17 heavy (non-hydrogen) atoms. The second kappa shape index (κ2) is 8.41. The largest absolute Gasteiger partial charge is 0.543 e. The van der Waals surface area contributed by atoms with Crippen molar-refractivity contribution in [3.63, 3.8) is 0 Å². The molecule has 1 unspecified atom stereocenters. The first-order chi connectivity index (χ1) is 8.10. The van der Waals surface area contributed by atoms with E-state index in [-0.39, 0.29) is 0 Å². The lowest BCUT2D eigenvalue weighted by Crippen LogP contribution is -2.56. The van der Waals surface area contributed by atoms with Crippen LogP contribution in [0.2, 0.25) is 0 Å². The molecule has 0 aliphatic carbocycles. The highest BCUT2D eigenvalue weighted by Gasteiger charge is 2.49. The van der Waals surface area contributed by atoms with Crippen LogP contribution in [0.3, 0.4) is 0 Å². The summed E-state index contributed by atoms with van der Waals surface area (Å²) in [4.78, 5) is 11.3. The van der Waals surface area contributed by atoms with Crippen molar-refractivity contribution in [2.75, 3.05) is 21.3 Å². The third-order valence-electron chi connectivity index (χ3n) is 2.49. The van der Waals surface area contributed by atoms with E-state index in [1.165, 1.54) is 21.3 Å². The quantitative estimate of drug-likeness (QED) is 0.359. The summed E-state index contributed by atoms with van der Waals surface area (Å²) in [6.45, 7) is 5.43. The first kappa shape index (κ1) is 16.3. The van der Waals surface area contributed by atoms with Crippen molar-refractivity contribution >= 4 is 14.8 Å². The van der Waals surface area contributed by atoms with Crippen LogP contribution in [0.1, 0.15) is 26.2 Å². The summed E-state index contributed by atoms with van der Waals surface area (Å²) < 4.78 is 21.2. The third-order valence-corrected chi connectivity index (χ3v) is 5.40. The predicted molar refractivity (Wildman–Crippen MR) is 66.4 cm³/mol. The number of carbonyl (C=O) groups is 1. The SMILES string of the molecule is C=CC(=O)OC(CCCC)[Si](OC)(OC)OC. The maximum absolute atomic E-state index is 11.3. The van der Waals surface area contributed by atoms with Gasteiger partial charge in [-0.15, -0.1) is 0 Å². The fourth-order valence-electron chi connectivity index (χ4n) is 1.53. The second-order valence-corrected chi connectivity index (χ2v) is 6.56. The molecule has 0 aromatic heterocycles. The summed E-state index contributed by atoms with van der Waals surface area (Å²) in [5.74, 6) is -0.492. The van der Waals surface area contributed by atoms with E-state index in [1.54, 1.807) is 0 Å². The predicted octanol–water partition coefficient (Wildman–Crippen LogP) is 1.69. The number of hydrogen-bond acceptors (Lipinski definition) is 5. The smallest absolute Gasteiger partial charge is 0.455 e. The van der Waals surface area contributed by atoms with Crippen molar-refractivity contribution in [3.8, 4) is 0 Å². The van der Waals surface area contributed by atoms with Gasteiger partial charge in [-0.05, 0) is 6.42 Å². The molecule has 0 rings (SSSR count). The van der Waals surface area contributed by atoms with Crippen molar-refractivity contribution < 1.29 is 22.8 Å². The molecular weight excluding hydrogens is 240 g/mol. The standard InChI is InChI=1S/C11H22O5Si/c1-6-8-9-11(16-10(12)7-2)17(13-3,14-4)15-5/h7,11H,2,6,8-9H2,1,3-5H3. The van der Waals surface area contributed by atoms with Crippen molar-refractivity contribution in [3.05, 3.63) is 12.7 Å². The summed E-state index contributed by atoms with van der Waals surface area (Å²) in [6, 6.07) is 0. The number of ether oxygens (including phenoxy) is 1. The molecule has 0 amide bonds. The highest BCUT2D eigenvalue weighted by Crippen LogP contribution is 2.20. The van der Waals surface area contributed by atoms with Gasteiger partial charge in [-0.1, -0.05) is 26.3 Å². The average Bonchev–Trinajstić information content (AvgIpc) is 2.37. The number of unbranched alkanes of at least 4 members (excludes halogenated alkanes) is 1. The summed E-state index contributed by atoms with van der Waals surface area (Å²) in [6.07, 6.45) is 3.67. The van der Waals surface area contributed by atoms with Crippen molar-refractivity contribution in [2.45, 2.75) is 31.9 Å². The molecule has 0 heterocycles. The number of carbonyl (C=O) groups excluding carboxylic acids is 1. The summed E-state index contributed by atoms with van der Waals surface area (Å²) in [5, 5.41) is 0. The normalized spacial score (nSPS) is 13.2.